The Morgan fingerprint density at radius 2 is 2.19 bits per heavy atom. The highest BCUT2D eigenvalue weighted by Crippen LogP contribution is 2.20. The number of aliphatic imine (C=N–C) groups is 1. The Bertz CT molecular complexity index is 290. The summed E-state index contributed by atoms with van der Waals surface area (Å²) in [4.78, 5) is 7.10. The molecule has 0 saturated carbocycles. The van der Waals surface area contributed by atoms with Crippen LogP contribution in [0.5, 0.6) is 0 Å². The minimum absolute atomic E-state index is 0. The highest BCUT2D eigenvalue weighted by Gasteiger charge is 2.21. The van der Waals surface area contributed by atoms with Crippen molar-refractivity contribution in [3.8, 4) is 0 Å². The third-order valence-corrected chi connectivity index (χ3v) is 4.55. The molecule has 0 aromatic rings. The van der Waals surface area contributed by atoms with Crippen LogP contribution in [0.3, 0.4) is 0 Å². The average Bonchev–Trinajstić information content (AvgIpc) is 2.45. The van der Waals surface area contributed by atoms with E-state index in [2.05, 4.69) is 49.7 Å². The van der Waals surface area contributed by atoms with Crippen molar-refractivity contribution >= 4 is 41.7 Å². The number of hydrogen-bond acceptors (Lipinski definition) is 3. The van der Waals surface area contributed by atoms with Crippen LogP contribution >= 0.6 is 35.7 Å². The van der Waals surface area contributed by atoms with E-state index in [0.717, 1.165) is 44.0 Å². The maximum absolute atomic E-state index is 5.60. The molecule has 21 heavy (non-hydrogen) atoms. The van der Waals surface area contributed by atoms with Gasteiger partial charge in [-0.1, -0.05) is 20.8 Å². The molecular formula is C15H32IN3OS. The Hall–Kier alpha value is 0.310. The van der Waals surface area contributed by atoms with Gasteiger partial charge < -0.3 is 15.0 Å². The Morgan fingerprint density at radius 3 is 2.81 bits per heavy atom. The maximum atomic E-state index is 5.60. The Labute approximate surface area is 151 Å². The summed E-state index contributed by atoms with van der Waals surface area (Å²) in [6.45, 7) is 14.2. The molecule has 1 aliphatic heterocycles. The lowest BCUT2D eigenvalue weighted by atomic mass is 10.2. The van der Waals surface area contributed by atoms with Gasteiger partial charge in [-0.2, -0.15) is 11.8 Å². The average molecular weight is 429 g/mol. The first-order chi connectivity index (χ1) is 9.67. The van der Waals surface area contributed by atoms with Crippen molar-refractivity contribution in [2.45, 2.75) is 39.4 Å². The van der Waals surface area contributed by atoms with E-state index in [9.17, 15) is 0 Å². The van der Waals surface area contributed by atoms with E-state index in [1.54, 1.807) is 0 Å². The topological polar surface area (TPSA) is 36.9 Å². The summed E-state index contributed by atoms with van der Waals surface area (Å²) in [6.07, 6.45) is 1.23. The highest BCUT2D eigenvalue weighted by molar-refractivity contribution is 14.0. The minimum atomic E-state index is 0. The number of nitrogens with zero attached hydrogens (tertiary/aromatic N) is 2. The van der Waals surface area contributed by atoms with Crippen molar-refractivity contribution in [3.63, 3.8) is 0 Å². The van der Waals surface area contributed by atoms with E-state index in [4.69, 9.17) is 9.73 Å². The Kier molecular flexibility index (Phi) is 13.0. The van der Waals surface area contributed by atoms with Gasteiger partial charge in [-0.3, -0.25) is 4.99 Å². The molecule has 0 aliphatic carbocycles. The molecule has 1 aliphatic rings. The zero-order valence-electron chi connectivity index (χ0n) is 13.9. The van der Waals surface area contributed by atoms with Crippen LogP contribution in [0.1, 0.15) is 34.1 Å². The molecule has 4 nitrogen and oxygen atoms in total. The van der Waals surface area contributed by atoms with E-state index in [0.29, 0.717) is 12.5 Å². The Balaban J connectivity index is 0.00000400. The SMILES string of the molecule is CCNC(=NCCOCC(C)C)N1CCSC(CC)C1.I. The summed E-state index contributed by atoms with van der Waals surface area (Å²) >= 11 is 2.09. The summed E-state index contributed by atoms with van der Waals surface area (Å²) < 4.78 is 5.60. The van der Waals surface area contributed by atoms with Gasteiger partial charge >= 0.3 is 0 Å². The predicted octanol–water partition coefficient (Wildman–Crippen LogP) is 3.07. The van der Waals surface area contributed by atoms with Gasteiger partial charge in [-0.25, -0.2) is 0 Å². The molecule has 1 unspecified atom stereocenters. The van der Waals surface area contributed by atoms with Crippen LogP contribution in [-0.2, 0) is 4.74 Å². The van der Waals surface area contributed by atoms with E-state index >= 15 is 0 Å². The van der Waals surface area contributed by atoms with E-state index in [1.165, 1.54) is 12.2 Å². The van der Waals surface area contributed by atoms with Gasteiger partial charge in [0.25, 0.3) is 0 Å². The van der Waals surface area contributed by atoms with Crippen LogP contribution in [0.2, 0.25) is 0 Å². The molecule has 0 spiro atoms. The van der Waals surface area contributed by atoms with E-state index in [-0.39, 0.29) is 24.0 Å². The van der Waals surface area contributed by atoms with Crippen LogP contribution in [0, 0.1) is 5.92 Å². The van der Waals surface area contributed by atoms with Crippen molar-refractivity contribution < 1.29 is 4.74 Å². The van der Waals surface area contributed by atoms with Crippen LogP contribution in [0.4, 0.5) is 0 Å². The third-order valence-electron chi connectivity index (χ3n) is 3.18. The summed E-state index contributed by atoms with van der Waals surface area (Å²) in [7, 11) is 0. The van der Waals surface area contributed by atoms with Crippen LogP contribution in [0.15, 0.2) is 4.99 Å². The number of hydrogen-bond donors (Lipinski definition) is 1. The number of guanidine groups is 1. The number of thioether (sulfide) groups is 1. The predicted molar refractivity (Wildman–Crippen MR) is 105 cm³/mol. The first kappa shape index (κ1) is 21.3. The van der Waals surface area contributed by atoms with Gasteiger partial charge in [0.2, 0.25) is 0 Å². The number of nitrogens with one attached hydrogen (secondary N) is 1. The summed E-state index contributed by atoms with van der Waals surface area (Å²) in [5.41, 5.74) is 0. The van der Waals surface area contributed by atoms with Crippen molar-refractivity contribution in [2.24, 2.45) is 10.9 Å². The quantitative estimate of drug-likeness (QED) is 0.292. The second-order valence-electron chi connectivity index (χ2n) is 5.55. The van der Waals surface area contributed by atoms with Gasteiger partial charge in [-0.15, -0.1) is 24.0 Å². The number of halogens is 1. The molecule has 0 aromatic carbocycles. The molecule has 126 valence electrons. The molecular weight excluding hydrogens is 397 g/mol. The third kappa shape index (κ3) is 9.13. The fourth-order valence-electron chi connectivity index (χ4n) is 2.12. The maximum Gasteiger partial charge on any atom is 0.194 e. The molecule has 1 N–H and O–H groups in total. The number of ether oxygens (including phenoxy) is 1. The normalized spacial score (nSPS) is 19.6. The lowest BCUT2D eigenvalue weighted by Crippen LogP contribution is -2.48. The lowest BCUT2D eigenvalue weighted by molar-refractivity contribution is 0.116. The molecule has 1 fully saturated rings. The molecule has 0 amide bonds. The number of rotatable bonds is 7. The van der Waals surface area contributed by atoms with Gasteiger partial charge in [0, 0.05) is 37.2 Å². The second kappa shape index (κ2) is 12.8. The highest BCUT2D eigenvalue weighted by atomic mass is 127. The molecule has 1 heterocycles. The van der Waals surface area contributed by atoms with Gasteiger partial charge in [0.1, 0.15) is 0 Å². The summed E-state index contributed by atoms with van der Waals surface area (Å²) in [5, 5.41) is 4.15. The van der Waals surface area contributed by atoms with E-state index < -0.39 is 0 Å². The second-order valence-corrected chi connectivity index (χ2v) is 6.96. The molecule has 0 bridgehead atoms. The standard InChI is InChI=1S/C15H31N3OS.HI/c1-5-14-11-18(8-10-20-14)15(16-6-2)17-7-9-19-12-13(3)4;/h13-14H,5-12H2,1-4H3,(H,16,17);1H. The van der Waals surface area contributed by atoms with Crippen molar-refractivity contribution in [1.82, 2.24) is 10.2 Å². The summed E-state index contributed by atoms with van der Waals surface area (Å²) in [6, 6.07) is 0. The molecule has 0 radical (unpaired) electrons. The molecule has 1 atom stereocenters. The van der Waals surface area contributed by atoms with Crippen LogP contribution in [-0.4, -0.2) is 61.3 Å². The lowest BCUT2D eigenvalue weighted by Gasteiger charge is -2.34. The first-order valence-corrected chi connectivity index (χ1v) is 8.94. The fraction of sp³-hybridized carbons (Fsp3) is 0.933. The van der Waals surface area contributed by atoms with Gasteiger partial charge in [-0.05, 0) is 19.3 Å². The molecule has 1 saturated heterocycles. The van der Waals surface area contributed by atoms with Crippen LogP contribution in [0.25, 0.3) is 0 Å². The first-order valence-electron chi connectivity index (χ1n) is 7.89. The molecule has 1 rings (SSSR count). The van der Waals surface area contributed by atoms with Crippen molar-refractivity contribution in [3.05, 3.63) is 0 Å². The molecule has 6 heteroatoms. The fourth-order valence-corrected chi connectivity index (χ4v) is 3.30. The zero-order valence-corrected chi connectivity index (χ0v) is 17.1. The van der Waals surface area contributed by atoms with Crippen molar-refractivity contribution in [1.29, 1.82) is 0 Å². The Morgan fingerprint density at radius 1 is 1.43 bits per heavy atom. The minimum Gasteiger partial charge on any atom is -0.379 e. The zero-order chi connectivity index (χ0) is 14.8. The van der Waals surface area contributed by atoms with E-state index in [1.807, 2.05) is 0 Å². The van der Waals surface area contributed by atoms with Gasteiger partial charge in [0.15, 0.2) is 5.96 Å². The molecule has 0 aromatic heterocycles. The van der Waals surface area contributed by atoms with Crippen molar-refractivity contribution in [2.75, 3.05) is 45.1 Å². The van der Waals surface area contributed by atoms with Crippen LogP contribution < -0.4 is 5.32 Å². The largest absolute Gasteiger partial charge is 0.379 e. The summed E-state index contributed by atoms with van der Waals surface area (Å²) in [5.74, 6) is 2.85. The monoisotopic (exact) mass is 429 g/mol. The van der Waals surface area contributed by atoms with Gasteiger partial charge in [0.05, 0.1) is 13.2 Å². The smallest absolute Gasteiger partial charge is 0.194 e.